The average Bonchev–Trinajstić information content (AvgIpc) is 3.28. The van der Waals surface area contributed by atoms with Crippen LogP contribution in [0.2, 0.25) is 5.02 Å². The maximum Gasteiger partial charge on any atom is 0.337 e. The van der Waals surface area contributed by atoms with Gasteiger partial charge in [-0.25, -0.2) is 14.6 Å². The number of carbonyl (C=O) groups is 2. The third-order valence-corrected chi connectivity index (χ3v) is 5.94. The van der Waals surface area contributed by atoms with Crippen molar-refractivity contribution in [2.45, 2.75) is 18.6 Å². The van der Waals surface area contributed by atoms with Crippen LogP contribution in [0.1, 0.15) is 12.7 Å². The van der Waals surface area contributed by atoms with E-state index in [0.717, 1.165) is 0 Å². The second-order valence-corrected chi connectivity index (χ2v) is 8.18. The second kappa shape index (κ2) is 9.49. The molecule has 2 aromatic heterocycles. The number of benzene rings is 1. The minimum absolute atomic E-state index is 0.0561. The number of thioether (sulfide) groups is 1. The number of halogens is 1. The maximum absolute atomic E-state index is 13.2. The number of esters is 1. The van der Waals surface area contributed by atoms with E-state index < -0.39 is 12.0 Å². The molecule has 9 nitrogen and oxygen atoms in total. The Kier molecular flexibility index (Phi) is 6.52. The quantitative estimate of drug-likeness (QED) is 0.307. The zero-order valence-electron chi connectivity index (χ0n) is 17.0. The van der Waals surface area contributed by atoms with Gasteiger partial charge in [-0.1, -0.05) is 23.4 Å². The summed E-state index contributed by atoms with van der Waals surface area (Å²) < 4.78 is 12.0. The molecular weight excluding hydrogens is 456 g/mol. The molecule has 4 rings (SSSR count). The van der Waals surface area contributed by atoms with E-state index in [1.54, 1.807) is 37.3 Å². The van der Waals surface area contributed by atoms with Gasteiger partial charge in [-0.3, -0.25) is 9.36 Å². The minimum Gasteiger partial charge on any atom is -0.467 e. The van der Waals surface area contributed by atoms with Gasteiger partial charge >= 0.3 is 12.0 Å². The Morgan fingerprint density at radius 2 is 2.19 bits per heavy atom. The molecule has 2 N–H and O–H groups in total. The van der Waals surface area contributed by atoms with Crippen LogP contribution in [0, 0.1) is 0 Å². The van der Waals surface area contributed by atoms with Gasteiger partial charge < -0.3 is 19.8 Å². The van der Waals surface area contributed by atoms with Crippen molar-refractivity contribution in [3.8, 4) is 0 Å². The summed E-state index contributed by atoms with van der Waals surface area (Å²) in [5, 5.41) is 6.50. The minimum atomic E-state index is -0.512. The lowest BCUT2D eigenvalue weighted by molar-refractivity contribution is -0.138. The molecule has 0 atom stereocenters. The van der Waals surface area contributed by atoms with Crippen LogP contribution in [0.3, 0.4) is 0 Å². The molecule has 0 fully saturated rings. The largest absolute Gasteiger partial charge is 0.467 e. The number of nitrogens with zero attached hydrogens (tertiary/aromatic N) is 2. The van der Waals surface area contributed by atoms with Crippen LogP contribution >= 0.6 is 23.4 Å². The van der Waals surface area contributed by atoms with Gasteiger partial charge in [0.1, 0.15) is 5.76 Å². The first-order valence-electron chi connectivity index (χ1n) is 9.75. The van der Waals surface area contributed by atoms with E-state index in [0.29, 0.717) is 38.1 Å². The van der Waals surface area contributed by atoms with Gasteiger partial charge in [-0.15, -0.1) is 0 Å². The lowest BCUT2D eigenvalue weighted by atomic mass is 10.2. The number of fused-ring (bicyclic) bond motifs is 1. The van der Waals surface area contributed by atoms with E-state index in [4.69, 9.17) is 20.8 Å². The molecule has 32 heavy (non-hydrogen) atoms. The molecule has 0 radical (unpaired) electrons. The summed E-state index contributed by atoms with van der Waals surface area (Å²) in [5.41, 5.74) is 0.930. The summed E-state index contributed by atoms with van der Waals surface area (Å²) >= 11 is 7.30. The zero-order valence-corrected chi connectivity index (χ0v) is 18.6. The molecular formula is C21H19ClN4O5S. The Labute approximate surface area is 191 Å². The lowest BCUT2D eigenvalue weighted by Gasteiger charge is -2.21. The SMILES string of the molecule is CCOC(=O)C1=C(CSc2nc3cc(Cl)ccc3c(=O)n2Cc2ccco2)NC(=O)NC1. The second-order valence-electron chi connectivity index (χ2n) is 6.80. The topological polar surface area (TPSA) is 115 Å². The van der Waals surface area contributed by atoms with Crippen LogP contribution in [0.15, 0.2) is 62.2 Å². The first kappa shape index (κ1) is 22.0. The summed E-state index contributed by atoms with van der Waals surface area (Å²) in [7, 11) is 0. The van der Waals surface area contributed by atoms with Crippen LogP contribution < -0.4 is 16.2 Å². The molecule has 3 aromatic rings. The number of urea groups is 1. The van der Waals surface area contributed by atoms with E-state index in [-0.39, 0.29) is 31.0 Å². The highest BCUT2D eigenvalue weighted by molar-refractivity contribution is 7.99. The Morgan fingerprint density at radius 3 is 2.94 bits per heavy atom. The monoisotopic (exact) mass is 474 g/mol. The number of amides is 2. The molecule has 1 aromatic carbocycles. The standard InChI is InChI=1S/C21H19ClN4O5S/c1-2-30-19(28)15-9-23-20(29)24-17(15)11-32-21-25-16-8-12(22)5-6-14(16)18(27)26(21)10-13-4-3-7-31-13/h3-8H,2,9-11H2,1H3,(H2,23,24,29). The van der Waals surface area contributed by atoms with Crippen LogP contribution in [-0.4, -0.2) is 40.5 Å². The van der Waals surface area contributed by atoms with Gasteiger partial charge in [0, 0.05) is 16.5 Å². The van der Waals surface area contributed by atoms with Crippen LogP contribution in [-0.2, 0) is 16.1 Å². The Morgan fingerprint density at radius 1 is 1.34 bits per heavy atom. The summed E-state index contributed by atoms with van der Waals surface area (Å²) in [6.07, 6.45) is 1.53. The predicted molar refractivity (Wildman–Crippen MR) is 120 cm³/mol. The molecule has 0 unspecified atom stereocenters. The van der Waals surface area contributed by atoms with Crippen LogP contribution in [0.4, 0.5) is 4.79 Å². The fourth-order valence-corrected chi connectivity index (χ4v) is 4.34. The van der Waals surface area contributed by atoms with Gasteiger partial charge in [0.15, 0.2) is 5.16 Å². The third-order valence-electron chi connectivity index (χ3n) is 4.70. The summed E-state index contributed by atoms with van der Waals surface area (Å²) in [5.74, 6) is 0.269. The van der Waals surface area contributed by atoms with Gasteiger partial charge in [0.2, 0.25) is 0 Å². The number of carbonyl (C=O) groups excluding carboxylic acids is 2. The molecule has 1 aliphatic heterocycles. The summed E-state index contributed by atoms with van der Waals surface area (Å²) in [6.45, 7) is 2.16. The van der Waals surface area contributed by atoms with Gasteiger partial charge in [-0.05, 0) is 37.3 Å². The van der Waals surface area contributed by atoms with Crippen LogP contribution in [0.25, 0.3) is 10.9 Å². The van der Waals surface area contributed by atoms with Gasteiger partial charge in [-0.2, -0.15) is 0 Å². The molecule has 0 aliphatic carbocycles. The van der Waals surface area contributed by atoms with E-state index in [1.165, 1.54) is 22.6 Å². The normalized spacial score (nSPS) is 13.8. The molecule has 0 saturated heterocycles. The first-order chi connectivity index (χ1) is 15.5. The van der Waals surface area contributed by atoms with Crippen molar-refractivity contribution in [3.63, 3.8) is 0 Å². The maximum atomic E-state index is 13.2. The molecule has 3 heterocycles. The molecule has 0 spiro atoms. The predicted octanol–water partition coefficient (Wildman–Crippen LogP) is 2.91. The number of rotatable bonds is 7. The van der Waals surface area contributed by atoms with Crippen molar-refractivity contribution < 1.29 is 18.7 Å². The highest BCUT2D eigenvalue weighted by Gasteiger charge is 2.24. The van der Waals surface area contributed by atoms with E-state index in [1.807, 2.05) is 0 Å². The fourth-order valence-electron chi connectivity index (χ4n) is 3.19. The van der Waals surface area contributed by atoms with E-state index >= 15 is 0 Å². The molecule has 166 valence electrons. The van der Waals surface area contributed by atoms with Crippen molar-refractivity contribution in [2.75, 3.05) is 18.9 Å². The van der Waals surface area contributed by atoms with Crippen molar-refractivity contribution in [2.24, 2.45) is 0 Å². The Balaban J connectivity index is 1.73. The molecule has 0 bridgehead atoms. The lowest BCUT2D eigenvalue weighted by Crippen LogP contribution is -2.44. The first-order valence-corrected chi connectivity index (χ1v) is 11.1. The smallest absolute Gasteiger partial charge is 0.337 e. The number of nitrogens with one attached hydrogen (secondary N) is 2. The number of ether oxygens (including phenoxy) is 1. The molecule has 0 saturated carbocycles. The van der Waals surface area contributed by atoms with Gasteiger partial charge in [0.05, 0.1) is 42.4 Å². The fraction of sp³-hybridized carbons (Fsp3) is 0.238. The van der Waals surface area contributed by atoms with Gasteiger partial charge in [0.25, 0.3) is 5.56 Å². The average molecular weight is 475 g/mol. The zero-order chi connectivity index (χ0) is 22.7. The molecule has 2 amide bonds. The Hall–Kier alpha value is -3.24. The summed E-state index contributed by atoms with van der Waals surface area (Å²) in [4.78, 5) is 42.0. The van der Waals surface area contributed by atoms with Crippen molar-refractivity contribution in [1.29, 1.82) is 0 Å². The number of aromatic nitrogens is 2. The highest BCUT2D eigenvalue weighted by atomic mass is 35.5. The highest BCUT2D eigenvalue weighted by Crippen LogP contribution is 2.24. The third kappa shape index (κ3) is 4.66. The number of hydrogen-bond donors (Lipinski definition) is 2. The number of hydrogen-bond acceptors (Lipinski definition) is 7. The Bertz CT molecular complexity index is 1270. The van der Waals surface area contributed by atoms with Crippen molar-refractivity contribution >= 4 is 46.3 Å². The van der Waals surface area contributed by atoms with Crippen molar-refractivity contribution in [1.82, 2.24) is 20.2 Å². The molecule has 1 aliphatic rings. The van der Waals surface area contributed by atoms with Crippen molar-refractivity contribution in [3.05, 3.63) is 69.0 Å². The van der Waals surface area contributed by atoms with E-state index in [2.05, 4.69) is 15.6 Å². The van der Waals surface area contributed by atoms with E-state index in [9.17, 15) is 14.4 Å². The van der Waals surface area contributed by atoms with Crippen LogP contribution in [0.5, 0.6) is 0 Å². The molecule has 11 heteroatoms. The number of furan rings is 1. The summed E-state index contributed by atoms with van der Waals surface area (Å²) in [6, 6.07) is 7.98.